The lowest BCUT2D eigenvalue weighted by Crippen LogP contribution is -2.55. The number of guanidine groups is 1. The number of hydrogen-bond donors (Lipinski definition) is 6. The van der Waals surface area contributed by atoms with E-state index in [1.54, 1.807) is 14.0 Å². The summed E-state index contributed by atoms with van der Waals surface area (Å²) >= 11 is 0. The fourth-order valence-corrected chi connectivity index (χ4v) is 3.11. The summed E-state index contributed by atoms with van der Waals surface area (Å²) in [5.41, 5.74) is 10.4. The number of carbonyl (C=O) groups excluding carboxylic acids is 3. The van der Waals surface area contributed by atoms with Gasteiger partial charge in [-0.15, -0.1) is 0 Å². The molecule has 0 spiro atoms. The highest BCUT2D eigenvalue weighted by Gasteiger charge is 2.36. The minimum Gasteiger partial charge on any atom is -0.480 e. The zero-order valence-electron chi connectivity index (χ0n) is 17.7. The van der Waals surface area contributed by atoms with Crippen molar-refractivity contribution in [3.63, 3.8) is 0 Å². The van der Waals surface area contributed by atoms with Crippen LogP contribution in [0.15, 0.2) is 4.99 Å². The molecule has 1 saturated heterocycles. The Labute approximate surface area is 175 Å². The van der Waals surface area contributed by atoms with E-state index < -0.39 is 42.0 Å². The second kappa shape index (κ2) is 12.0. The van der Waals surface area contributed by atoms with E-state index in [0.717, 1.165) is 0 Å². The average molecular weight is 428 g/mol. The number of aliphatic carboxylic acids is 1. The highest BCUT2D eigenvalue weighted by atomic mass is 16.4. The number of nitrogens with zero attached hydrogens (tertiary/aromatic N) is 2. The number of likely N-dealkylation sites (tertiary alicyclic amines) is 1. The summed E-state index contributed by atoms with van der Waals surface area (Å²) in [4.78, 5) is 54.1. The van der Waals surface area contributed by atoms with Gasteiger partial charge in [-0.25, -0.2) is 4.79 Å². The van der Waals surface area contributed by atoms with Crippen LogP contribution in [0.25, 0.3) is 0 Å². The molecular weight excluding hydrogens is 394 g/mol. The minimum atomic E-state index is -1.19. The van der Waals surface area contributed by atoms with Gasteiger partial charge < -0.3 is 37.4 Å². The van der Waals surface area contributed by atoms with E-state index in [4.69, 9.17) is 11.5 Å². The normalized spacial score (nSPS) is 18.8. The van der Waals surface area contributed by atoms with Gasteiger partial charge in [0.2, 0.25) is 17.7 Å². The zero-order valence-corrected chi connectivity index (χ0v) is 17.7. The van der Waals surface area contributed by atoms with Crippen LogP contribution in [0.1, 0.15) is 39.5 Å². The molecular formula is C18H33N7O5. The van der Waals surface area contributed by atoms with Crippen LogP contribution in [0.3, 0.4) is 0 Å². The average Bonchev–Trinajstić information content (AvgIpc) is 3.18. The maximum Gasteiger partial charge on any atom is 0.326 e. The van der Waals surface area contributed by atoms with Gasteiger partial charge in [0.25, 0.3) is 0 Å². The van der Waals surface area contributed by atoms with Crippen molar-refractivity contribution in [2.75, 3.05) is 20.1 Å². The molecule has 0 aromatic rings. The summed E-state index contributed by atoms with van der Waals surface area (Å²) in [7, 11) is 1.66. The molecule has 3 amide bonds. The van der Waals surface area contributed by atoms with Crippen LogP contribution in [0, 0.1) is 0 Å². The molecule has 0 unspecified atom stereocenters. The fourth-order valence-electron chi connectivity index (χ4n) is 3.11. The van der Waals surface area contributed by atoms with Crippen LogP contribution in [-0.2, 0) is 19.2 Å². The van der Waals surface area contributed by atoms with Crippen molar-refractivity contribution >= 4 is 29.7 Å². The number of carboxylic acids is 1. The van der Waals surface area contributed by atoms with Crippen LogP contribution in [0.5, 0.6) is 0 Å². The van der Waals surface area contributed by atoms with Crippen molar-refractivity contribution in [1.82, 2.24) is 20.9 Å². The maximum atomic E-state index is 12.6. The second-order valence-electron chi connectivity index (χ2n) is 7.28. The maximum absolute atomic E-state index is 12.6. The molecule has 0 radical (unpaired) electrons. The number of aliphatic imine (C=N–C) groups is 1. The summed E-state index contributed by atoms with van der Waals surface area (Å²) in [5, 5.41) is 17.1. The SMILES string of the molecule is CN[C@@H](C)C(=O)N1CCC[C@H]1C(=O)N[C@@H](C)C(=O)N[C@@H](CCCN=C(N)N)C(=O)O. The van der Waals surface area contributed by atoms with Gasteiger partial charge in [0.05, 0.1) is 6.04 Å². The Balaban J connectivity index is 2.62. The standard InChI is InChI=1S/C18H33N7O5/c1-10(14(26)24-12(17(29)30)6-4-8-22-18(19)20)23-15(27)13-7-5-9-25(13)16(28)11(2)21-3/h10-13,21H,4-9H2,1-3H3,(H,23,27)(H,24,26)(H,29,30)(H4,19,20,22)/t10-,11-,12-,13-/m0/s1. The quantitative estimate of drug-likeness (QED) is 0.120. The highest BCUT2D eigenvalue weighted by molar-refractivity contribution is 5.94. The van der Waals surface area contributed by atoms with Crippen LogP contribution >= 0.6 is 0 Å². The van der Waals surface area contributed by atoms with Gasteiger partial charge in [0.15, 0.2) is 5.96 Å². The molecule has 1 aliphatic rings. The lowest BCUT2D eigenvalue weighted by Gasteiger charge is -2.27. The molecule has 8 N–H and O–H groups in total. The molecule has 12 nitrogen and oxygen atoms in total. The molecule has 1 heterocycles. The first-order valence-electron chi connectivity index (χ1n) is 9.95. The number of carbonyl (C=O) groups is 4. The van der Waals surface area contributed by atoms with E-state index in [2.05, 4.69) is 20.9 Å². The van der Waals surface area contributed by atoms with Crippen LogP contribution in [0.4, 0.5) is 0 Å². The lowest BCUT2D eigenvalue weighted by atomic mass is 10.1. The van der Waals surface area contributed by atoms with E-state index in [0.29, 0.717) is 25.8 Å². The van der Waals surface area contributed by atoms with Crippen LogP contribution in [0.2, 0.25) is 0 Å². The molecule has 0 saturated carbocycles. The summed E-state index contributed by atoms with van der Waals surface area (Å²) in [6.45, 7) is 3.89. The summed E-state index contributed by atoms with van der Waals surface area (Å²) in [5.74, 6) is -2.53. The number of rotatable bonds is 11. The van der Waals surface area contributed by atoms with Crippen LogP contribution in [-0.4, -0.2) is 84.0 Å². The number of likely N-dealkylation sites (N-methyl/N-ethyl adjacent to an activating group) is 1. The highest BCUT2D eigenvalue weighted by Crippen LogP contribution is 2.18. The van der Waals surface area contributed by atoms with Gasteiger partial charge in [-0.3, -0.25) is 19.4 Å². The molecule has 1 fully saturated rings. The zero-order chi connectivity index (χ0) is 22.8. The van der Waals surface area contributed by atoms with Crippen molar-refractivity contribution in [2.24, 2.45) is 16.5 Å². The second-order valence-corrected chi connectivity index (χ2v) is 7.28. The molecule has 1 rings (SSSR count). The first kappa shape index (κ1) is 25.1. The molecule has 170 valence electrons. The third kappa shape index (κ3) is 7.50. The van der Waals surface area contributed by atoms with E-state index >= 15 is 0 Å². The molecule has 1 aliphatic heterocycles. The Morgan fingerprint density at radius 3 is 2.40 bits per heavy atom. The largest absolute Gasteiger partial charge is 0.480 e. The molecule has 0 bridgehead atoms. The van der Waals surface area contributed by atoms with Gasteiger partial charge in [-0.1, -0.05) is 0 Å². The molecule has 30 heavy (non-hydrogen) atoms. The van der Waals surface area contributed by atoms with Gasteiger partial charge in [0, 0.05) is 13.1 Å². The number of nitrogens with one attached hydrogen (secondary N) is 3. The molecule has 0 aromatic carbocycles. The monoisotopic (exact) mass is 427 g/mol. The molecule has 0 aromatic heterocycles. The Bertz CT molecular complexity index is 665. The van der Waals surface area contributed by atoms with Gasteiger partial charge >= 0.3 is 5.97 Å². The predicted octanol–water partition coefficient (Wildman–Crippen LogP) is -2.29. The van der Waals surface area contributed by atoms with Crippen molar-refractivity contribution in [3.8, 4) is 0 Å². The summed E-state index contributed by atoms with van der Waals surface area (Å²) in [6, 6.07) is -3.17. The summed E-state index contributed by atoms with van der Waals surface area (Å²) < 4.78 is 0. The molecule has 12 heteroatoms. The van der Waals surface area contributed by atoms with Gasteiger partial charge in [0.1, 0.15) is 18.1 Å². The van der Waals surface area contributed by atoms with Gasteiger partial charge in [-0.2, -0.15) is 0 Å². The minimum absolute atomic E-state index is 0.0919. The van der Waals surface area contributed by atoms with Crippen LogP contribution < -0.4 is 27.4 Å². The Kier molecular flexibility index (Phi) is 10.0. The third-order valence-electron chi connectivity index (χ3n) is 4.95. The number of amides is 3. The topological polar surface area (TPSA) is 192 Å². The Hall–Kier alpha value is -2.89. The number of hydrogen-bond acceptors (Lipinski definition) is 6. The summed E-state index contributed by atoms with van der Waals surface area (Å²) in [6.07, 6.45) is 1.69. The van der Waals surface area contributed by atoms with E-state index in [9.17, 15) is 24.3 Å². The fraction of sp³-hybridized carbons (Fsp3) is 0.722. The van der Waals surface area contributed by atoms with E-state index in [1.807, 2.05) is 0 Å². The van der Waals surface area contributed by atoms with E-state index in [-0.39, 0.29) is 24.8 Å². The van der Waals surface area contributed by atoms with Crippen molar-refractivity contribution in [3.05, 3.63) is 0 Å². The number of carboxylic acid groups (broad SMARTS) is 1. The molecule has 0 aliphatic carbocycles. The lowest BCUT2D eigenvalue weighted by molar-refractivity contribution is -0.143. The van der Waals surface area contributed by atoms with E-state index in [1.165, 1.54) is 11.8 Å². The van der Waals surface area contributed by atoms with Crippen molar-refractivity contribution < 1.29 is 24.3 Å². The Morgan fingerprint density at radius 2 is 1.83 bits per heavy atom. The Morgan fingerprint density at radius 1 is 1.17 bits per heavy atom. The number of nitrogens with two attached hydrogens (primary N) is 2. The van der Waals surface area contributed by atoms with Gasteiger partial charge in [-0.05, 0) is 46.6 Å². The predicted molar refractivity (Wildman–Crippen MR) is 110 cm³/mol. The first-order chi connectivity index (χ1) is 14.1. The smallest absolute Gasteiger partial charge is 0.326 e. The molecule has 4 atom stereocenters. The first-order valence-corrected chi connectivity index (χ1v) is 9.95. The van der Waals surface area contributed by atoms with Crippen molar-refractivity contribution in [2.45, 2.75) is 63.7 Å². The van der Waals surface area contributed by atoms with Crippen molar-refractivity contribution in [1.29, 1.82) is 0 Å². The third-order valence-corrected chi connectivity index (χ3v) is 4.95.